The molecule has 0 unspecified atom stereocenters. The molecule has 11 nitrogen and oxygen atoms in total. The predicted molar refractivity (Wildman–Crippen MR) is 205 cm³/mol. The summed E-state index contributed by atoms with van der Waals surface area (Å²) < 4.78 is 0. The van der Waals surface area contributed by atoms with Gasteiger partial charge in [-0.2, -0.15) is 0 Å². The molecule has 0 spiro atoms. The van der Waals surface area contributed by atoms with Gasteiger partial charge in [0.25, 0.3) is 5.91 Å². The van der Waals surface area contributed by atoms with Crippen molar-refractivity contribution in [3.8, 4) is 0 Å². The quantitative estimate of drug-likeness (QED) is 0.128. The van der Waals surface area contributed by atoms with E-state index in [0.717, 1.165) is 5.56 Å². The van der Waals surface area contributed by atoms with Crippen LogP contribution in [-0.4, -0.2) is 134 Å². The van der Waals surface area contributed by atoms with Crippen molar-refractivity contribution in [3.05, 3.63) is 53.4 Å². The van der Waals surface area contributed by atoms with Gasteiger partial charge in [-0.3, -0.25) is 14.4 Å². The summed E-state index contributed by atoms with van der Waals surface area (Å²) in [5.41, 5.74) is 8.13. The van der Waals surface area contributed by atoms with Gasteiger partial charge in [0.2, 0.25) is 11.8 Å². The van der Waals surface area contributed by atoms with Crippen LogP contribution in [0, 0.1) is 0 Å². The Morgan fingerprint density at radius 2 is 1.65 bits per heavy atom. The molecule has 0 saturated heterocycles. The normalized spacial score (nSPS) is 12.7. The lowest BCUT2D eigenvalue weighted by atomic mass is 9.40. The molecule has 1 aromatic heterocycles. The topological polar surface area (TPSA) is 137 Å². The van der Waals surface area contributed by atoms with E-state index in [4.69, 9.17) is 10.7 Å². The van der Waals surface area contributed by atoms with Gasteiger partial charge in [0.15, 0.2) is 17.3 Å². The van der Waals surface area contributed by atoms with Gasteiger partial charge >= 0.3 is 0 Å². The number of rotatable bonds is 16. The molecule has 1 heterocycles. The molecule has 4 N–H and O–H groups in total. The fourth-order valence-corrected chi connectivity index (χ4v) is 5.20. The summed E-state index contributed by atoms with van der Waals surface area (Å²) in [6.07, 6.45) is 4.57. The molecule has 0 aliphatic heterocycles. The van der Waals surface area contributed by atoms with E-state index in [9.17, 15) is 14.4 Å². The fourth-order valence-electron chi connectivity index (χ4n) is 5.20. The first-order chi connectivity index (χ1) is 21.3. The van der Waals surface area contributed by atoms with Gasteiger partial charge in [-0.1, -0.05) is 35.6 Å². The molecule has 17 heteroatoms. The Bertz CT molecular complexity index is 1400. The van der Waals surface area contributed by atoms with E-state index in [1.54, 1.807) is 20.0 Å². The molecule has 2 aromatic rings. The molecule has 0 aliphatic carbocycles. The number of benzene rings is 1. The monoisotopic (exact) mass is 624 g/mol. The predicted octanol–water partition coefficient (Wildman–Crippen LogP) is -3.89. The average molecular weight is 624 g/mol. The summed E-state index contributed by atoms with van der Waals surface area (Å²) in [6.45, 7) is 8.80. The molecule has 1 atom stereocenters. The number of hydrogen-bond donors (Lipinski definition) is 3. The van der Waals surface area contributed by atoms with E-state index in [1.807, 2.05) is 49.2 Å². The molecule has 46 heavy (non-hydrogen) atoms. The standard InChI is InChI=1S/C29H50B6N8O3/c1-7-21-26(41(5)17(2)3)40-25(23(39-21)24(36)45)38-20-11-8-10-19(16-20)13-14-37-27(46)18(4)42(6)22(44)12-9-15-43(28(30,31)32)29(33,34)35/h8-12,16-18H,7,13-15,30-35H2,1-6H3,(H2,36,45)(H,37,46)(H,38,40)/b12-9+/t18-/m0/s1. The zero-order valence-corrected chi connectivity index (χ0v) is 30.0. The van der Waals surface area contributed by atoms with Crippen LogP contribution in [-0.2, 0) is 22.4 Å². The second-order valence-electron chi connectivity index (χ2n) is 14.0. The molecule has 0 fully saturated rings. The Morgan fingerprint density at radius 3 is 2.20 bits per heavy atom. The van der Waals surface area contributed by atoms with Crippen molar-refractivity contribution in [1.82, 2.24) is 25.1 Å². The van der Waals surface area contributed by atoms with E-state index in [1.165, 1.54) is 4.90 Å². The van der Waals surface area contributed by atoms with Gasteiger partial charge in [-0.25, -0.2) is 9.97 Å². The molecule has 1 aromatic carbocycles. The Balaban J connectivity index is 2.05. The van der Waals surface area contributed by atoms with Crippen LogP contribution in [0.4, 0.5) is 17.3 Å². The zero-order valence-electron chi connectivity index (χ0n) is 30.0. The summed E-state index contributed by atoms with van der Waals surface area (Å²) in [6, 6.07) is 7.19. The van der Waals surface area contributed by atoms with Gasteiger partial charge < -0.3 is 31.1 Å². The van der Waals surface area contributed by atoms with Crippen LogP contribution in [0.3, 0.4) is 0 Å². The highest BCUT2D eigenvalue weighted by Gasteiger charge is 2.30. The van der Waals surface area contributed by atoms with Gasteiger partial charge in [-0.15, -0.1) is 0 Å². The summed E-state index contributed by atoms with van der Waals surface area (Å²) in [5.74, 6) is -0.139. The molecular formula is C29H50B6N8O3. The third-order valence-corrected chi connectivity index (χ3v) is 8.00. The maximum absolute atomic E-state index is 12.9. The molecular weight excluding hydrogens is 573 g/mol. The summed E-state index contributed by atoms with van der Waals surface area (Å²) in [5, 5.41) is 6.04. The van der Waals surface area contributed by atoms with E-state index < -0.39 is 11.9 Å². The lowest BCUT2D eigenvalue weighted by Gasteiger charge is -2.46. The van der Waals surface area contributed by atoms with Crippen LogP contribution < -0.4 is 21.3 Å². The highest BCUT2D eigenvalue weighted by atomic mass is 16.2. The molecule has 0 radical (unpaired) electrons. The average Bonchev–Trinajstić information content (AvgIpc) is 2.96. The first-order valence-electron chi connectivity index (χ1n) is 16.1. The Hall–Kier alpha value is -3.60. The molecule has 0 saturated carbocycles. The fraction of sp³-hybridized carbons (Fsp3) is 0.483. The van der Waals surface area contributed by atoms with Crippen LogP contribution in [0.1, 0.15) is 49.4 Å². The number of nitrogens with two attached hydrogens (primary N) is 1. The first-order valence-corrected chi connectivity index (χ1v) is 16.1. The number of aryl methyl sites for hydroxylation is 1. The van der Waals surface area contributed by atoms with Gasteiger partial charge in [0.1, 0.15) is 53.1 Å². The van der Waals surface area contributed by atoms with Crippen molar-refractivity contribution in [2.45, 2.75) is 63.1 Å². The Kier molecular flexibility index (Phi) is 13.7. The lowest BCUT2D eigenvalue weighted by Crippen LogP contribution is -2.63. The number of hydrogen-bond acceptors (Lipinski definition) is 8. The first kappa shape index (κ1) is 38.6. The van der Waals surface area contributed by atoms with Gasteiger partial charge in [-0.05, 0) is 51.3 Å². The largest absolute Gasteiger partial charge is 0.364 e. The second kappa shape index (κ2) is 16.3. The Morgan fingerprint density at radius 1 is 1.02 bits per heavy atom. The van der Waals surface area contributed by atoms with Crippen LogP contribution in [0.5, 0.6) is 0 Å². The number of aromatic nitrogens is 2. The van der Waals surface area contributed by atoms with Crippen molar-refractivity contribution in [1.29, 1.82) is 0 Å². The lowest BCUT2D eigenvalue weighted by molar-refractivity contribution is -0.135. The number of primary amides is 1. The maximum Gasteiger partial charge on any atom is 0.271 e. The van der Waals surface area contributed by atoms with Crippen LogP contribution in [0.2, 0.25) is 0 Å². The van der Waals surface area contributed by atoms with Gasteiger partial charge in [0.05, 0.1) is 5.69 Å². The van der Waals surface area contributed by atoms with E-state index in [2.05, 4.69) is 81.4 Å². The van der Waals surface area contributed by atoms with Crippen molar-refractivity contribution in [2.24, 2.45) is 5.73 Å². The summed E-state index contributed by atoms with van der Waals surface area (Å²) in [4.78, 5) is 53.1. The molecule has 242 valence electrons. The van der Waals surface area contributed by atoms with E-state index >= 15 is 0 Å². The van der Waals surface area contributed by atoms with Crippen LogP contribution >= 0.6 is 0 Å². The zero-order chi connectivity index (χ0) is 35.0. The van der Waals surface area contributed by atoms with Crippen LogP contribution in [0.15, 0.2) is 36.4 Å². The van der Waals surface area contributed by atoms with Crippen molar-refractivity contribution >= 4 is 82.1 Å². The third-order valence-electron chi connectivity index (χ3n) is 8.00. The maximum atomic E-state index is 12.9. The minimum atomic E-state index is -0.660. The molecule has 2 rings (SSSR count). The minimum absolute atomic E-state index is 0.0604. The number of anilines is 3. The Labute approximate surface area is 280 Å². The number of nitrogens with one attached hydrogen (secondary N) is 2. The number of nitrogens with zero attached hydrogens (tertiary/aromatic N) is 5. The highest BCUT2D eigenvalue weighted by molar-refractivity contribution is 6.63. The summed E-state index contributed by atoms with van der Waals surface area (Å²) >= 11 is 0. The SMILES string of the molecule is BC(B)(B)N(C/C=C/C(=O)N(C)[C@@H](C)C(=O)NCCc1cccc(Nc2nc(N(C)C(C)C)c(CC)nc2C(N)=O)c1)C(B)(B)B. The molecule has 0 aliphatic rings. The molecule has 3 amide bonds. The van der Waals surface area contributed by atoms with Gasteiger partial charge in [0, 0.05) is 45.0 Å². The van der Waals surface area contributed by atoms with E-state index in [-0.39, 0.29) is 39.8 Å². The summed E-state index contributed by atoms with van der Waals surface area (Å²) in [7, 11) is 16.5. The van der Waals surface area contributed by atoms with Crippen molar-refractivity contribution in [2.75, 3.05) is 37.4 Å². The highest BCUT2D eigenvalue weighted by Crippen LogP contribution is 2.26. The minimum Gasteiger partial charge on any atom is -0.364 e. The van der Waals surface area contributed by atoms with E-state index in [0.29, 0.717) is 43.1 Å². The number of likely N-dealkylation sites (N-methyl/N-ethyl adjacent to an activating group) is 1. The smallest absolute Gasteiger partial charge is 0.271 e. The number of carbonyl (C=O) groups excluding carboxylic acids is 3. The number of carbonyl (C=O) groups is 3. The second-order valence-corrected chi connectivity index (χ2v) is 14.0. The molecule has 0 bridgehead atoms. The van der Waals surface area contributed by atoms with Crippen molar-refractivity contribution < 1.29 is 14.4 Å². The third kappa shape index (κ3) is 10.7. The number of amides is 3. The van der Waals surface area contributed by atoms with Crippen molar-refractivity contribution in [3.63, 3.8) is 0 Å². The van der Waals surface area contributed by atoms with Crippen LogP contribution in [0.25, 0.3) is 0 Å².